The van der Waals surface area contributed by atoms with E-state index >= 15 is 0 Å². The molecule has 136 valence electrons. The van der Waals surface area contributed by atoms with Crippen LogP contribution in [0.2, 0.25) is 5.02 Å². The number of ketones is 1. The Kier molecular flexibility index (Phi) is 3.83. The van der Waals surface area contributed by atoms with Crippen molar-refractivity contribution in [3.63, 3.8) is 0 Å². The summed E-state index contributed by atoms with van der Waals surface area (Å²) in [7, 11) is 0. The van der Waals surface area contributed by atoms with Crippen LogP contribution in [0.1, 0.15) is 37.2 Å². The van der Waals surface area contributed by atoms with Crippen LogP contribution in [0.3, 0.4) is 0 Å². The van der Waals surface area contributed by atoms with E-state index in [2.05, 4.69) is 15.4 Å². The van der Waals surface area contributed by atoms with Crippen molar-refractivity contribution in [1.82, 2.24) is 14.8 Å². The highest BCUT2D eigenvalue weighted by molar-refractivity contribution is 6.31. The lowest BCUT2D eigenvalue weighted by Gasteiger charge is -2.34. The Morgan fingerprint density at radius 2 is 2.00 bits per heavy atom. The van der Waals surface area contributed by atoms with Crippen molar-refractivity contribution in [2.45, 2.75) is 32.0 Å². The standard InChI is InChI=1S/C17H14ClF3N4O/c1-8-6-11-13(12(26)7-8)14(9-4-2-3-5-10(9)18)25-16(22-11)23-15(24-25)17(19,20)21/h2-5,8,14H,6-7H2,1H3,(H,22,23,24)/t8-,14+/m1/s1. The van der Waals surface area contributed by atoms with Crippen LogP contribution in [0.15, 0.2) is 35.5 Å². The summed E-state index contributed by atoms with van der Waals surface area (Å²) in [6.07, 6.45) is -3.80. The maximum Gasteiger partial charge on any atom is 0.453 e. The van der Waals surface area contributed by atoms with Crippen LogP contribution in [-0.4, -0.2) is 20.5 Å². The number of anilines is 1. The zero-order valence-electron chi connectivity index (χ0n) is 13.6. The normalized spacial score (nSPS) is 22.7. The number of carbonyl (C=O) groups is 1. The first-order valence-corrected chi connectivity index (χ1v) is 8.45. The van der Waals surface area contributed by atoms with Gasteiger partial charge in [0.15, 0.2) is 5.78 Å². The topological polar surface area (TPSA) is 59.8 Å². The van der Waals surface area contributed by atoms with Crippen molar-refractivity contribution >= 4 is 23.3 Å². The molecule has 2 aliphatic rings. The maximum absolute atomic E-state index is 13.1. The first-order chi connectivity index (χ1) is 12.3. The van der Waals surface area contributed by atoms with Crippen molar-refractivity contribution in [3.05, 3.63) is 51.9 Å². The third kappa shape index (κ3) is 2.68. The Bertz CT molecular complexity index is 934. The van der Waals surface area contributed by atoms with E-state index in [0.717, 1.165) is 4.68 Å². The van der Waals surface area contributed by atoms with E-state index in [1.165, 1.54) is 0 Å². The lowest BCUT2D eigenvalue weighted by atomic mass is 9.81. The van der Waals surface area contributed by atoms with Crippen molar-refractivity contribution < 1.29 is 18.0 Å². The van der Waals surface area contributed by atoms with Crippen LogP contribution in [0.25, 0.3) is 0 Å². The number of benzene rings is 1. The molecular formula is C17H14ClF3N4O. The van der Waals surface area contributed by atoms with E-state index in [1.807, 2.05) is 6.92 Å². The number of nitrogens with zero attached hydrogens (tertiary/aromatic N) is 3. The van der Waals surface area contributed by atoms with Gasteiger partial charge in [0.25, 0.3) is 5.82 Å². The summed E-state index contributed by atoms with van der Waals surface area (Å²) in [4.78, 5) is 16.3. The lowest BCUT2D eigenvalue weighted by molar-refractivity contribution is -0.145. The van der Waals surface area contributed by atoms with E-state index in [-0.39, 0.29) is 17.6 Å². The zero-order chi connectivity index (χ0) is 18.6. The van der Waals surface area contributed by atoms with E-state index in [4.69, 9.17) is 11.6 Å². The largest absolute Gasteiger partial charge is 0.453 e. The number of nitrogens with one attached hydrogen (secondary N) is 1. The van der Waals surface area contributed by atoms with Gasteiger partial charge >= 0.3 is 6.18 Å². The number of rotatable bonds is 1. The Morgan fingerprint density at radius 3 is 2.69 bits per heavy atom. The minimum Gasteiger partial charge on any atom is -0.328 e. The predicted octanol–water partition coefficient (Wildman–Crippen LogP) is 4.22. The number of fused-ring (bicyclic) bond motifs is 1. The van der Waals surface area contributed by atoms with Crippen molar-refractivity contribution in [2.24, 2.45) is 5.92 Å². The first kappa shape index (κ1) is 17.1. The van der Waals surface area contributed by atoms with Gasteiger partial charge in [0.1, 0.15) is 6.04 Å². The van der Waals surface area contributed by atoms with Crippen molar-refractivity contribution in [2.75, 3.05) is 5.32 Å². The molecule has 1 aromatic carbocycles. The molecule has 26 heavy (non-hydrogen) atoms. The van der Waals surface area contributed by atoms with Gasteiger partial charge in [-0.2, -0.15) is 18.2 Å². The summed E-state index contributed by atoms with van der Waals surface area (Å²) >= 11 is 6.29. The molecule has 0 amide bonds. The zero-order valence-corrected chi connectivity index (χ0v) is 14.4. The highest BCUT2D eigenvalue weighted by Gasteiger charge is 2.43. The summed E-state index contributed by atoms with van der Waals surface area (Å²) < 4.78 is 40.5. The fraction of sp³-hybridized carbons (Fsp3) is 0.353. The molecule has 0 radical (unpaired) electrons. The third-order valence-electron chi connectivity index (χ3n) is 4.58. The molecular weight excluding hydrogens is 369 g/mol. The van der Waals surface area contributed by atoms with Gasteiger partial charge < -0.3 is 5.32 Å². The van der Waals surface area contributed by atoms with Gasteiger partial charge in [-0.25, -0.2) is 4.68 Å². The smallest absolute Gasteiger partial charge is 0.328 e. The monoisotopic (exact) mass is 382 g/mol. The molecule has 0 bridgehead atoms. The number of hydrogen-bond donors (Lipinski definition) is 1. The molecule has 0 saturated heterocycles. The average Bonchev–Trinajstić information content (AvgIpc) is 2.97. The van der Waals surface area contributed by atoms with Gasteiger partial charge in [0.2, 0.25) is 5.95 Å². The highest BCUT2D eigenvalue weighted by atomic mass is 35.5. The molecule has 1 aromatic heterocycles. The molecule has 0 unspecified atom stereocenters. The van der Waals surface area contributed by atoms with Crippen molar-refractivity contribution in [3.8, 4) is 0 Å². The third-order valence-corrected chi connectivity index (χ3v) is 4.92. The molecule has 2 atom stereocenters. The second kappa shape index (κ2) is 5.84. The summed E-state index contributed by atoms with van der Waals surface area (Å²) in [6, 6.07) is 5.93. The average molecular weight is 383 g/mol. The Balaban J connectivity index is 1.94. The maximum atomic E-state index is 13.1. The number of hydrogen-bond acceptors (Lipinski definition) is 4. The van der Waals surface area contributed by atoms with E-state index in [0.29, 0.717) is 34.7 Å². The molecule has 1 aliphatic carbocycles. The van der Waals surface area contributed by atoms with Gasteiger partial charge in [-0.05, 0) is 18.4 Å². The molecule has 0 spiro atoms. The number of halogens is 4. The number of alkyl halides is 3. The number of allylic oxidation sites excluding steroid dienone is 2. The van der Waals surface area contributed by atoms with Crippen LogP contribution >= 0.6 is 11.6 Å². The lowest BCUT2D eigenvalue weighted by Crippen LogP contribution is -2.33. The van der Waals surface area contributed by atoms with Gasteiger partial charge in [0, 0.05) is 28.3 Å². The Morgan fingerprint density at radius 1 is 1.27 bits per heavy atom. The molecule has 5 nitrogen and oxygen atoms in total. The van der Waals surface area contributed by atoms with Crippen LogP contribution in [0.5, 0.6) is 0 Å². The molecule has 4 rings (SSSR count). The van der Waals surface area contributed by atoms with Gasteiger partial charge in [0.05, 0.1) is 0 Å². The quantitative estimate of drug-likeness (QED) is 0.802. The molecule has 1 aliphatic heterocycles. The fourth-order valence-corrected chi connectivity index (χ4v) is 3.75. The number of carbonyl (C=O) groups excluding carboxylic acids is 1. The van der Waals surface area contributed by atoms with Crippen LogP contribution in [-0.2, 0) is 11.0 Å². The van der Waals surface area contributed by atoms with Crippen LogP contribution in [0.4, 0.5) is 19.1 Å². The summed E-state index contributed by atoms with van der Waals surface area (Å²) in [5.41, 5.74) is 1.51. The second-order valence-corrected chi connectivity index (χ2v) is 6.99. The second-order valence-electron chi connectivity index (χ2n) is 6.58. The van der Waals surface area contributed by atoms with E-state index < -0.39 is 18.0 Å². The van der Waals surface area contributed by atoms with Gasteiger partial charge in [-0.1, -0.05) is 36.7 Å². The summed E-state index contributed by atoms with van der Waals surface area (Å²) in [5, 5.41) is 6.87. The van der Waals surface area contributed by atoms with Gasteiger partial charge in [-0.3, -0.25) is 4.79 Å². The SMILES string of the molecule is C[C@H]1CC(=O)C2=C(C1)Nc1nc(C(F)(F)F)nn1[C@H]2c1ccccc1Cl. The fourth-order valence-electron chi connectivity index (χ4n) is 3.51. The molecule has 1 N–H and O–H groups in total. The van der Waals surface area contributed by atoms with E-state index in [9.17, 15) is 18.0 Å². The molecule has 9 heteroatoms. The van der Waals surface area contributed by atoms with Gasteiger partial charge in [-0.15, -0.1) is 5.10 Å². The Hall–Kier alpha value is -2.35. The molecule has 2 heterocycles. The predicted molar refractivity (Wildman–Crippen MR) is 88.7 cm³/mol. The van der Waals surface area contributed by atoms with Crippen LogP contribution < -0.4 is 5.32 Å². The Labute approximate surface area is 151 Å². The molecule has 0 saturated carbocycles. The first-order valence-electron chi connectivity index (χ1n) is 8.07. The van der Waals surface area contributed by atoms with E-state index in [1.54, 1.807) is 24.3 Å². The summed E-state index contributed by atoms with van der Waals surface area (Å²) in [5.74, 6) is -1.32. The molecule has 2 aromatic rings. The minimum absolute atomic E-state index is 0.0390. The molecule has 0 fully saturated rings. The number of aromatic nitrogens is 3. The van der Waals surface area contributed by atoms with Crippen molar-refractivity contribution in [1.29, 1.82) is 0 Å². The number of Topliss-reactive ketones (excluding diaryl/α,β-unsaturated/α-hetero) is 1. The minimum atomic E-state index is -4.69. The summed E-state index contributed by atoms with van der Waals surface area (Å²) in [6.45, 7) is 1.92. The highest BCUT2D eigenvalue weighted by Crippen LogP contribution is 2.43. The van der Waals surface area contributed by atoms with Crippen LogP contribution in [0, 0.1) is 5.92 Å².